The molecule has 5 heteroatoms. The van der Waals surface area contributed by atoms with Crippen molar-refractivity contribution in [3.05, 3.63) is 58.9 Å². The molecule has 2 N–H and O–H groups in total. The van der Waals surface area contributed by atoms with Crippen molar-refractivity contribution >= 4 is 11.0 Å². The van der Waals surface area contributed by atoms with Crippen molar-refractivity contribution in [2.45, 2.75) is 39.2 Å². The van der Waals surface area contributed by atoms with Gasteiger partial charge < -0.3 is 5.32 Å². The van der Waals surface area contributed by atoms with Crippen molar-refractivity contribution in [3.63, 3.8) is 0 Å². The lowest BCUT2D eigenvalue weighted by molar-refractivity contribution is 0.533. The fraction of sp³-hybridized carbons (Fsp3) is 0.368. The molecule has 1 aromatic heterocycles. The van der Waals surface area contributed by atoms with E-state index in [4.69, 9.17) is 0 Å². The number of H-pyrrole nitrogens is 1. The Morgan fingerprint density at radius 3 is 2.71 bits per heavy atom. The highest BCUT2D eigenvalue weighted by atomic mass is 19.1. The Labute approximate surface area is 141 Å². The van der Waals surface area contributed by atoms with E-state index in [0.717, 1.165) is 36.8 Å². The second-order valence-electron chi connectivity index (χ2n) is 6.39. The number of halogens is 1. The van der Waals surface area contributed by atoms with Gasteiger partial charge >= 0.3 is 0 Å². The standard InChI is InChI=1S/C19H23FN4/c1-13-10-16(5-7-17(13)20)11-14(2)21-9-3-4-15-6-8-18-19(12-15)23-24-22-18/h5-8,10,12,14,21H,3-4,9,11H2,1-2H3,(H,22,23,24). The number of fused-ring (bicyclic) bond motifs is 1. The van der Waals surface area contributed by atoms with E-state index in [2.05, 4.69) is 39.8 Å². The second-order valence-corrected chi connectivity index (χ2v) is 6.39. The summed E-state index contributed by atoms with van der Waals surface area (Å²) in [7, 11) is 0. The summed E-state index contributed by atoms with van der Waals surface area (Å²) in [5, 5.41) is 14.4. The highest BCUT2D eigenvalue weighted by Crippen LogP contribution is 2.13. The Hall–Kier alpha value is -2.27. The molecule has 3 aromatic rings. The fourth-order valence-corrected chi connectivity index (χ4v) is 2.94. The van der Waals surface area contributed by atoms with Crippen LogP contribution in [0.3, 0.4) is 0 Å². The van der Waals surface area contributed by atoms with Crippen molar-refractivity contribution < 1.29 is 4.39 Å². The summed E-state index contributed by atoms with van der Waals surface area (Å²) in [6, 6.07) is 11.9. The van der Waals surface area contributed by atoms with Gasteiger partial charge in [-0.1, -0.05) is 18.2 Å². The van der Waals surface area contributed by atoms with Gasteiger partial charge in [0.25, 0.3) is 0 Å². The molecule has 1 atom stereocenters. The first-order chi connectivity index (χ1) is 11.6. The van der Waals surface area contributed by atoms with Crippen LogP contribution >= 0.6 is 0 Å². The molecule has 1 unspecified atom stereocenters. The molecule has 0 aliphatic rings. The molecule has 3 rings (SSSR count). The van der Waals surface area contributed by atoms with E-state index in [9.17, 15) is 4.39 Å². The van der Waals surface area contributed by atoms with Crippen LogP contribution < -0.4 is 5.32 Å². The van der Waals surface area contributed by atoms with Crippen LogP contribution in [0.1, 0.15) is 30.0 Å². The molecular weight excluding hydrogens is 303 g/mol. The first-order valence-corrected chi connectivity index (χ1v) is 8.39. The molecule has 0 radical (unpaired) electrons. The Morgan fingerprint density at radius 2 is 1.88 bits per heavy atom. The van der Waals surface area contributed by atoms with Crippen molar-refractivity contribution in [1.29, 1.82) is 0 Å². The molecule has 24 heavy (non-hydrogen) atoms. The van der Waals surface area contributed by atoms with Gasteiger partial charge in [0.05, 0.1) is 0 Å². The van der Waals surface area contributed by atoms with E-state index in [1.54, 1.807) is 6.07 Å². The Kier molecular flexibility index (Phi) is 5.20. The van der Waals surface area contributed by atoms with Gasteiger partial charge in [-0.3, -0.25) is 0 Å². The summed E-state index contributed by atoms with van der Waals surface area (Å²) in [6.45, 7) is 4.93. The summed E-state index contributed by atoms with van der Waals surface area (Å²) < 4.78 is 13.3. The summed E-state index contributed by atoms with van der Waals surface area (Å²) in [5.74, 6) is -0.136. The van der Waals surface area contributed by atoms with Crippen molar-refractivity contribution in [3.8, 4) is 0 Å². The lowest BCUT2D eigenvalue weighted by Gasteiger charge is -2.14. The molecule has 0 aliphatic heterocycles. The third-order valence-corrected chi connectivity index (χ3v) is 4.28. The minimum Gasteiger partial charge on any atom is -0.314 e. The van der Waals surface area contributed by atoms with Crippen molar-refractivity contribution in [2.24, 2.45) is 0 Å². The Morgan fingerprint density at radius 1 is 1.08 bits per heavy atom. The molecule has 0 aliphatic carbocycles. The maximum absolute atomic E-state index is 13.3. The number of nitrogens with zero attached hydrogens (tertiary/aromatic N) is 2. The topological polar surface area (TPSA) is 53.6 Å². The first kappa shape index (κ1) is 16.6. The Balaban J connectivity index is 1.43. The Bertz CT molecular complexity index is 812. The van der Waals surface area contributed by atoms with Gasteiger partial charge in [0.1, 0.15) is 16.9 Å². The fourth-order valence-electron chi connectivity index (χ4n) is 2.94. The third kappa shape index (κ3) is 4.17. The third-order valence-electron chi connectivity index (χ3n) is 4.28. The average molecular weight is 326 g/mol. The molecule has 0 amide bonds. The minimum atomic E-state index is -0.136. The molecule has 0 fully saturated rings. The molecule has 0 saturated heterocycles. The van der Waals surface area contributed by atoms with Gasteiger partial charge in [-0.05, 0) is 74.5 Å². The van der Waals surface area contributed by atoms with Crippen LogP contribution in [-0.2, 0) is 12.8 Å². The number of nitrogens with one attached hydrogen (secondary N) is 2. The largest absolute Gasteiger partial charge is 0.314 e. The molecule has 2 aromatic carbocycles. The first-order valence-electron chi connectivity index (χ1n) is 8.39. The summed E-state index contributed by atoms with van der Waals surface area (Å²) >= 11 is 0. The van der Waals surface area contributed by atoms with Gasteiger partial charge in [0.15, 0.2) is 0 Å². The van der Waals surface area contributed by atoms with E-state index in [0.29, 0.717) is 11.6 Å². The SMILES string of the molecule is Cc1cc(CC(C)NCCCc2ccc3n[nH]nc3c2)ccc1F. The summed E-state index contributed by atoms with van der Waals surface area (Å²) in [5.41, 5.74) is 4.98. The molecule has 4 nitrogen and oxygen atoms in total. The highest BCUT2D eigenvalue weighted by Gasteiger charge is 2.05. The van der Waals surface area contributed by atoms with Crippen LogP contribution in [0, 0.1) is 12.7 Å². The maximum atomic E-state index is 13.3. The molecule has 0 saturated carbocycles. The van der Waals surface area contributed by atoms with Gasteiger partial charge in [-0.15, -0.1) is 0 Å². The molecule has 126 valence electrons. The average Bonchev–Trinajstić information content (AvgIpc) is 3.03. The van der Waals surface area contributed by atoms with E-state index < -0.39 is 0 Å². The van der Waals surface area contributed by atoms with Crippen molar-refractivity contribution in [2.75, 3.05) is 6.54 Å². The van der Waals surface area contributed by atoms with Crippen LogP contribution in [0.15, 0.2) is 36.4 Å². The zero-order valence-corrected chi connectivity index (χ0v) is 14.1. The van der Waals surface area contributed by atoms with E-state index >= 15 is 0 Å². The number of aryl methyl sites for hydroxylation is 2. The van der Waals surface area contributed by atoms with Crippen LogP contribution in [-0.4, -0.2) is 28.0 Å². The second kappa shape index (κ2) is 7.53. The monoisotopic (exact) mass is 326 g/mol. The van der Waals surface area contributed by atoms with E-state index in [-0.39, 0.29) is 5.82 Å². The van der Waals surface area contributed by atoms with E-state index in [1.165, 1.54) is 11.1 Å². The lowest BCUT2D eigenvalue weighted by atomic mass is 10.0. The predicted octanol–water partition coefficient (Wildman–Crippen LogP) is 3.56. The molecule has 1 heterocycles. The molecular formula is C19H23FN4. The van der Waals surface area contributed by atoms with Crippen LogP contribution in [0.5, 0.6) is 0 Å². The van der Waals surface area contributed by atoms with Gasteiger partial charge in [0.2, 0.25) is 0 Å². The zero-order chi connectivity index (χ0) is 16.9. The van der Waals surface area contributed by atoms with Crippen molar-refractivity contribution in [1.82, 2.24) is 20.7 Å². The quantitative estimate of drug-likeness (QED) is 0.653. The number of benzene rings is 2. The predicted molar refractivity (Wildman–Crippen MR) is 94.5 cm³/mol. The van der Waals surface area contributed by atoms with Crippen LogP contribution in [0.2, 0.25) is 0 Å². The maximum Gasteiger partial charge on any atom is 0.126 e. The minimum absolute atomic E-state index is 0.136. The normalized spacial score (nSPS) is 12.6. The zero-order valence-electron chi connectivity index (χ0n) is 14.1. The van der Waals surface area contributed by atoms with Crippen LogP contribution in [0.25, 0.3) is 11.0 Å². The highest BCUT2D eigenvalue weighted by molar-refractivity contribution is 5.74. The van der Waals surface area contributed by atoms with Crippen LogP contribution in [0.4, 0.5) is 4.39 Å². The number of hydrogen-bond acceptors (Lipinski definition) is 3. The van der Waals surface area contributed by atoms with Gasteiger partial charge in [-0.2, -0.15) is 15.4 Å². The smallest absolute Gasteiger partial charge is 0.126 e. The number of rotatable bonds is 7. The lowest BCUT2D eigenvalue weighted by Crippen LogP contribution is -2.29. The summed E-state index contributed by atoms with van der Waals surface area (Å²) in [4.78, 5) is 0. The number of hydrogen-bond donors (Lipinski definition) is 2. The number of aromatic amines is 1. The number of aromatic nitrogens is 3. The van der Waals surface area contributed by atoms with Gasteiger partial charge in [-0.25, -0.2) is 4.39 Å². The summed E-state index contributed by atoms with van der Waals surface area (Å²) in [6.07, 6.45) is 2.99. The molecule has 0 bridgehead atoms. The van der Waals surface area contributed by atoms with E-state index in [1.807, 2.05) is 25.1 Å². The van der Waals surface area contributed by atoms with Gasteiger partial charge in [0, 0.05) is 6.04 Å². The molecule has 0 spiro atoms.